The number of piperidine rings is 1. The molecular weight excluding hydrogens is 280 g/mol. The van der Waals surface area contributed by atoms with Gasteiger partial charge in [-0.1, -0.05) is 13.8 Å². The first-order valence-corrected chi connectivity index (χ1v) is 8.28. The van der Waals surface area contributed by atoms with Crippen LogP contribution in [0, 0.1) is 5.41 Å². The van der Waals surface area contributed by atoms with Crippen molar-refractivity contribution in [3.05, 3.63) is 0 Å². The minimum absolute atomic E-state index is 0. The van der Waals surface area contributed by atoms with Gasteiger partial charge in [0.1, 0.15) is 0 Å². The number of halogens is 1. The third kappa shape index (κ3) is 4.83. The van der Waals surface area contributed by atoms with Gasteiger partial charge in [-0.3, -0.25) is 4.79 Å². The predicted octanol–water partition coefficient (Wildman–Crippen LogP) is 2.84. The van der Waals surface area contributed by atoms with Crippen LogP contribution in [0.4, 0.5) is 0 Å². The van der Waals surface area contributed by atoms with Crippen LogP contribution < -0.4 is 10.6 Å². The van der Waals surface area contributed by atoms with Crippen molar-refractivity contribution >= 4 is 30.1 Å². The molecule has 1 saturated heterocycles. The lowest BCUT2D eigenvalue weighted by Crippen LogP contribution is -2.51. The van der Waals surface area contributed by atoms with E-state index in [1.54, 1.807) is 0 Å². The Morgan fingerprint density at radius 1 is 1.42 bits per heavy atom. The summed E-state index contributed by atoms with van der Waals surface area (Å²) in [7, 11) is 0. The van der Waals surface area contributed by atoms with Gasteiger partial charge < -0.3 is 10.6 Å². The topological polar surface area (TPSA) is 41.1 Å². The lowest BCUT2D eigenvalue weighted by Gasteiger charge is -2.35. The van der Waals surface area contributed by atoms with E-state index in [0.29, 0.717) is 0 Å². The Bertz CT molecular complexity index is 268. The van der Waals surface area contributed by atoms with E-state index in [0.717, 1.165) is 45.3 Å². The molecule has 0 aromatic heterocycles. The average Bonchev–Trinajstić information content (AvgIpc) is 2.41. The zero-order valence-corrected chi connectivity index (χ0v) is 14.3. The number of carbonyl (C=O) groups excluding carboxylic acids is 1. The standard InChI is InChI=1S/C14H28N2OS.ClH/c1-5-14(6-2,18-4)11-16-12(17)13(3)8-7-9-15-10-13;/h15H,5-11H2,1-4H3,(H,16,17);1H. The van der Waals surface area contributed by atoms with Gasteiger partial charge in [-0.2, -0.15) is 11.8 Å². The van der Waals surface area contributed by atoms with Crippen LogP contribution in [0.1, 0.15) is 46.5 Å². The van der Waals surface area contributed by atoms with Gasteiger partial charge in [0, 0.05) is 17.8 Å². The van der Waals surface area contributed by atoms with Gasteiger partial charge in [0.15, 0.2) is 0 Å². The molecule has 0 saturated carbocycles. The molecule has 1 fully saturated rings. The van der Waals surface area contributed by atoms with E-state index in [9.17, 15) is 4.79 Å². The Balaban J connectivity index is 0.00000324. The average molecular weight is 309 g/mol. The highest BCUT2D eigenvalue weighted by molar-refractivity contribution is 8.00. The maximum absolute atomic E-state index is 12.4. The molecule has 1 aliphatic rings. The van der Waals surface area contributed by atoms with Crippen molar-refractivity contribution < 1.29 is 4.79 Å². The van der Waals surface area contributed by atoms with Gasteiger partial charge >= 0.3 is 0 Å². The zero-order valence-electron chi connectivity index (χ0n) is 12.7. The van der Waals surface area contributed by atoms with Crippen LogP contribution in [-0.2, 0) is 4.79 Å². The van der Waals surface area contributed by atoms with Gasteiger partial charge in [-0.15, -0.1) is 12.4 Å². The van der Waals surface area contributed by atoms with Crippen LogP contribution in [-0.4, -0.2) is 36.5 Å². The predicted molar refractivity (Wildman–Crippen MR) is 87.3 cm³/mol. The second-order valence-corrected chi connectivity index (χ2v) is 6.89. The largest absolute Gasteiger partial charge is 0.354 e. The number of rotatable bonds is 6. The van der Waals surface area contributed by atoms with E-state index in [1.807, 2.05) is 11.8 Å². The van der Waals surface area contributed by atoms with Crippen LogP contribution in [0.3, 0.4) is 0 Å². The van der Waals surface area contributed by atoms with Gasteiger partial charge in [-0.25, -0.2) is 0 Å². The quantitative estimate of drug-likeness (QED) is 0.793. The fraction of sp³-hybridized carbons (Fsp3) is 0.929. The van der Waals surface area contributed by atoms with Crippen molar-refractivity contribution in [3.63, 3.8) is 0 Å². The monoisotopic (exact) mass is 308 g/mol. The Hall–Kier alpha value is 0.0700. The molecule has 114 valence electrons. The minimum Gasteiger partial charge on any atom is -0.354 e. The molecule has 1 atom stereocenters. The molecule has 3 nitrogen and oxygen atoms in total. The Morgan fingerprint density at radius 2 is 2.05 bits per heavy atom. The fourth-order valence-electron chi connectivity index (χ4n) is 2.57. The summed E-state index contributed by atoms with van der Waals surface area (Å²) in [5, 5.41) is 6.52. The number of carbonyl (C=O) groups is 1. The second kappa shape index (κ2) is 8.38. The van der Waals surface area contributed by atoms with E-state index >= 15 is 0 Å². The Labute approximate surface area is 128 Å². The highest BCUT2D eigenvalue weighted by Gasteiger charge is 2.36. The summed E-state index contributed by atoms with van der Waals surface area (Å²) >= 11 is 1.87. The van der Waals surface area contributed by atoms with Crippen LogP contribution in [0.25, 0.3) is 0 Å². The van der Waals surface area contributed by atoms with Crippen molar-refractivity contribution in [1.82, 2.24) is 10.6 Å². The molecule has 0 aliphatic carbocycles. The highest BCUT2D eigenvalue weighted by atomic mass is 35.5. The number of nitrogens with one attached hydrogen (secondary N) is 2. The first kappa shape index (κ1) is 19.1. The fourth-order valence-corrected chi connectivity index (χ4v) is 3.36. The molecule has 0 aromatic carbocycles. The summed E-state index contributed by atoms with van der Waals surface area (Å²) in [4.78, 5) is 12.4. The van der Waals surface area contributed by atoms with E-state index in [1.165, 1.54) is 0 Å². The Kier molecular flexibility index (Phi) is 8.41. The van der Waals surface area contributed by atoms with Crippen LogP contribution in [0.5, 0.6) is 0 Å². The molecule has 1 rings (SSSR count). The molecular formula is C14H29ClN2OS. The number of hydrogen-bond donors (Lipinski definition) is 2. The lowest BCUT2D eigenvalue weighted by molar-refractivity contribution is -0.131. The van der Waals surface area contributed by atoms with E-state index in [4.69, 9.17) is 0 Å². The van der Waals surface area contributed by atoms with Crippen molar-refractivity contribution in [2.75, 3.05) is 25.9 Å². The lowest BCUT2D eigenvalue weighted by atomic mass is 9.82. The van der Waals surface area contributed by atoms with Crippen LogP contribution in [0.15, 0.2) is 0 Å². The number of amides is 1. The number of hydrogen-bond acceptors (Lipinski definition) is 3. The Morgan fingerprint density at radius 3 is 2.47 bits per heavy atom. The minimum atomic E-state index is -0.218. The van der Waals surface area contributed by atoms with E-state index in [-0.39, 0.29) is 28.5 Å². The van der Waals surface area contributed by atoms with Crippen molar-refractivity contribution in [2.24, 2.45) is 5.41 Å². The number of thioether (sulfide) groups is 1. The summed E-state index contributed by atoms with van der Waals surface area (Å²) in [5.41, 5.74) is -0.218. The molecule has 0 bridgehead atoms. The van der Waals surface area contributed by atoms with Crippen molar-refractivity contribution in [1.29, 1.82) is 0 Å². The van der Waals surface area contributed by atoms with Crippen molar-refractivity contribution in [3.8, 4) is 0 Å². The molecule has 1 aliphatic heterocycles. The summed E-state index contributed by atoms with van der Waals surface area (Å²) in [5.74, 6) is 0.218. The maximum Gasteiger partial charge on any atom is 0.227 e. The van der Waals surface area contributed by atoms with Gasteiger partial charge in [0.05, 0.1) is 5.41 Å². The first-order valence-electron chi connectivity index (χ1n) is 7.06. The van der Waals surface area contributed by atoms with E-state index < -0.39 is 0 Å². The van der Waals surface area contributed by atoms with Crippen LogP contribution >= 0.6 is 24.2 Å². The summed E-state index contributed by atoms with van der Waals surface area (Å²) in [6, 6.07) is 0. The van der Waals surface area contributed by atoms with Gasteiger partial charge in [0.25, 0.3) is 0 Å². The molecule has 0 spiro atoms. The molecule has 2 N–H and O–H groups in total. The molecule has 0 aromatic rings. The third-order valence-corrected chi connectivity index (χ3v) is 6.03. The second-order valence-electron chi connectivity index (χ2n) is 5.62. The third-order valence-electron chi connectivity index (χ3n) is 4.44. The smallest absolute Gasteiger partial charge is 0.227 e. The highest BCUT2D eigenvalue weighted by Crippen LogP contribution is 2.31. The summed E-state index contributed by atoms with van der Waals surface area (Å²) < 4.78 is 0.202. The van der Waals surface area contributed by atoms with Gasteiger partial charge in [0.2, 0.25) is 5.91 Å². The summed E-state index contributed by atoms with van der Waals surface area (Å²) in [6.07, 6.45) is 6.43. The van der Waals surface area contributed by atoms with Crippen LogP contribution in [0.2, 0.25) is 0 Å². The maximum atomic E-state index is 12.4. The van der Waals surface area contributed by atoms with E-state index in [2.05, 4.69) is 37.7 Å². The summed E-state index contributed by atoms with van der Waals surface area (Å²) in [6.45, 7) is 9.12. The molecule has 5 heteroatoms. The zero-order chi connectivity index (χ0) is 13.6. The molecule has 0 radical (unpaired) electrons. The van der Waals surface area contributed by atoms with Crippen molar-refractivity contribution in [2.45, 2.75) is 51.2 Å². The normalized spacial score (nSPS) is 23.6. The first-order chi connectivity index (χ1) is 8.52. The molecule has 1 amide bonds. The molecule has 19 heavy (non-hydrogen) atoms. The molecule has 1 unspecified atom stereocenters. The molecule has 1 heterocycles. The SMILES string of the molecule is CCC(CC)(CNC(=O)C1(C)CCCNC1)SC.Cl. The van der Waals surface area contributed by atoms with Gasteiger partial charge in [-0.05, 0) is 45.4 Å².